The minimum atomic E-state index is -2.81. The number of benzene rings is 1. The van der Waals surface area contributed by atoms with Crippen LogP contribution in [-0.2, 0) is 6.54 Å². The molecule has 0 fully saturated rings. The zero-order valence-electron chi connectivity index (χ0n) is 9.15. The Morgan fingerprint density at radius 2 is 2.00 bits per heavy atom. The van der Waals surface area contributed by atoms with Crippen molar-refractivity contribution in [3.05, 3.63) is 52.3 Å². The van der Waals surface area contributed by atoms with E-state index in [2.05, 4.69) is 5.10 Å². The Morgan fingerprint density at radius 1 is 1.33 bits per heavy atom. The number of nitriles is 1. The van der Waals surface area contributed by atoms with Gasteiger partial charge in [0, 0.05) is 0 Å². The molecule has 6 heteroatoms. The lowest BCUT2D eigenvalue weighted by atomic mass is 10.2. The molecule has 0 spiro atoms. The maximum Gasteiger partial charge on any atom is 0.283 e. The maximum absolute atomic E-state index is 12.7. The Balaban J connectivity index is 2.38. The lowest BCUT2D eigenvalue weighted by molar-refractivity contribution is 0.144. The predicted molar refractivity (Wildman–Crippen MR) is 62.5 cm³/mol. The smallest absolute Gasteiger partial charge is 0.248 e. The minimum Gasteiger partial charge on any atom is -0.248 e. The number of nitrogens with zero attached hydrogens (tertiary/aromatic N) is 3. The molecule has 0 radical (unpaired) electrons. The maximum atomic E-state index is 12.7. The summed E-state index contributed by atoms with van der Waals surface area (Å²) in [6.45, 7) is 0.251. The molecule has 0 unspecified atom stereocenters. The highest BCUT2D eigenvalue weighted by Gasteiger charge is 2.23. The third kappa shape index (κ3) is 2.34. The number of rotatable bonds is 3. The Morgan fingerprint density at radius 3 is 2.50 bits per heavy atom. The van der Waals surface area contributed by atoms with Crippen molar-refractivity contribution >= 4 is 11.6 Å². The van der Waals surface area contributed by atoms with Crippen molar-refractivity contribution < 1.29 is 8.78 Å². The van der Waals surface area contributed by atoms with Crippen molar-refractivity contribution in [1.82, 2.24) is 9.78 Å². The predicted octanol–water partition coefficient (Wildman–Crippen LogP) is 3.39. The van der Waals surface area contributed by atoms with Crippen LogP contribution >= 0.6 is 11.6 Å². The first-order valence-corrected chi connectivity index (χ1v) is 5.49. The highest BCUT2D eigenvalue weighted by molar-refractivity contribution is 6.30. The van der Waals surface area contributed by atoms with Crippen LogP contribution in [0.1, 0.15) is 23.2 Å². The SMILES string of the molecule is N#Cc1c(C(F)F)nn(Cc2ccccc2)c1Cl. The molecule has 0 saturated carbocycles. The van der Waals surface area contributed by atoms with Gasteiger partial charge >= 0.3 is 0 Å². The molecule has 0 aliphatic carbocycles. The standard InChI is InChI=1S/C12H8ClF2N3/c13-11-9(6-16)10(12(14)15)17-18(11)7-8-4-2-1-3-5-8/h1-5,12H,7H2. The van der Waals surface area contributed by atoms with Crippen LogP contribution < -0.4 is 0 Å². The lowest BCUT2D eigenvalue weighted by Crippen LogP contribution is -2.02. The van der Waals surface area contributed by atoms with Gasteiger partial charge < -0.3 is 0 Å². The van der Waals surface area contributed by atoms with Gasteiger partial charge in [-0.15, -0.1) is 0 Å². The molecule has 1 aromatic carbocycles. The average Bonchev–Trinajstić information content (AvgIpc) is 2.68. The number of hydrogen-bond acceptors (Lipinski definition) is 2. The topological polar surface area (TPSA) is 41.6 Å². The molecule has 0 saturated heterocycles. The third-order valence-electron chi connectivity index (χ3n) is 2.41. The number of halogens is 3. The van der Waals surface area contributed by atoms with Gasteiger partial charge in [-0.25, -0.2) is 13.5 Å². The van der Waals surface area contributed by atoms with Gasteiger partial charge in [0.05, 0.1) is 6.54 Å². The van der Waals surface area contributed by atoms with Crippen LogP contribution in [0.15, 0.2) is 30.3 Å². The molecule has 0 atom stereocenters. The van der Waals surface area contributed by atoms with Gasteiger partial charge in [-0.05, 0) is 5.56 Å². The fourth-order valence-corrected chi connectivity index (χ4v) is 1.81. The summed E-state index contributed by atoms with van der Waals surface area (Å²) in [5, 5.41) is 12.4. The molecule has 2 aromatic rings. The van der Waals surface area contributed by atoms with Gasteiger partial charge in [0.25, 0.3) is 6.43 Å². The first-order chi connectivity index (χ1) is 8.63. The van der Waals surface area contributed by atoms with Gasteiger partial charge in [0.2, 0.25) is 0 Å². The molecule has 92 valence electrons. The van der Waals surface area contributed by atoms with Crippen LogP contribution in [0.3, 0.4) is 0 Å². The van der Waals surface area contributed by atoms with Gasteiger partial charge in [-0.2, -0.15) is 10.4 Å². The van der Waals surface area contributed by atoms with Crippen molar-refractivity contribution in [3.63, 3.8) is 0 Å². The van der Waals surface area contributed by atoms with E-state index in [1.54, 1.807) is 6.07 Å². The van der Waals surface area contributed by atoms with Crippen molar-refractivity contribution in [1.29, 1.82) is 5.26 Å². The summed E-state index contributed by atoms with van der Waals surface area (Å²) in [5.41, 5.74) is 0.0354. The van der Waals surface area contributed by atoms with E-state index in [1.165, 1.54) is 4.68 Å². The van der Waals surface area contributed by atoms with E-state index in [-0.39, 0.29) is 17.3 Å². The van der Waals surface area contributed by atoms with Crippen LogP contribution in [0.5, 0.6) is 0 Å². The molecular formula is C12H8ClF2N3. The Hall–Kier alpha value is -1.93. The molecule has 0 bridgehead atoms. The molecule has 0 amide bonds. The molecular weight excluding hydrogens is 260 g/mol. The van der Waals surface area contributed by atoms with E-state index in [0.717, 1.165) is 5.56 Å². The van der Waals surface area contributed by atoms with Crippen LogP contribution in [0.2, 0.25) is 5.15 Å². The second kappa shape index (κ2) is 5.15. The number of alkyl halides is 2. The zero-order valence-corrected chi connectivity index (χ0v) is 9.90. The summed E-state index contributed by atoms with van der Waals surface area (Å²) in [5.74, 6) is 0. The van der Waals surface area contributed by atoms with E-state index in [4.69, 9.17) is 16.9 Å². The van der Waals surface area contributed by atoms with E-state index < -0.39 is 12.1 Å². The quantitative estimate of drug-likeness (QED) is 0.855. The van der Waals surface area contributed by atoms with Gasteiger partial charge in [0.1, 0.15) is 22.5 Å². The van der Waals surface area contributed by atoms with E-state index >= 15 is 0 Å². The van der Waals surface area contributed by atoms with Gasteiger partial charge in [-0.3, -0.25) is 0 Å². The lowest BCUT2D eigenvalue weighted by Gasteiger charge is -2.02. The molecule has 0 aliphatic heterocycles. The monoisotopic (exact) mass is 267 g/mol. The second-order valence-corrected chi connectivity index (χ2v) is 3.96. The highest BCUT2D eigenvalue weighted by Crippen LogP contribution is 2.27. The fourth-order valence-electron chi connectivity index (χ4n) is 1.58. The second-order valence-electron chi connectivity index (χ2n) is 3.61. The van der Waals surface area contributed by atoms with E-state index in [0.29, 0.717) is 0 Å². The Kier molecular flexibility index (Phi) is 3.58. The van der Waals surface area contributed by atoms with E-state index in [1.807, 2.05) is 30.3 Å². The first-order valence-electron chi connectivity index (χ1n) is 5.12. The molecule has 3 nitrogen and oxygen atoms in total. The fraction of sp³-hybridized carbons (Fsp3) is 0.167. The van der Waals surface area contributed by atoms with Crippen molar-refractivity contribution in [2.45, 2.75) is 13.0 Å². The molecule has 1 heterocycles. The third-order valence-corrected chi connectivity index (χ3v) is 2.80. The van der Waals surface area contributed by atoms with E-state index in [9.17, 15) is 8.78 Å². The van der Waals surface area contributed by atoms with Crippen molar-refractivity contribution in [2.24, 2.45) is 0 Å². The zero-order chi connectivity index (χ0) is 13.1. The largest absolute Gasteiger partial charge is 0.283 e. The first kappa shape index (κ1) is 12.5. The minimum absolute atomic E-state index is 0.0587. The van der Waals surface area contributed by atoms with Crippen LogP contribution in [-0.4, -0.2) is 9.78 Å². The van der Waals surface area contributed by atoms with Crippen LogP contribution in [0.25, 0.3) is 0 Å². The Labute approximate surface area is 107 Å². The summed E-state index contributed by atoms with van der Waals surface area (Å²) in [6, 6.07) is 10.8. The average molecular weight is 268 g/mol. The number of hydrogen-bond donors (Lipinski definition) is 0. The van der Waals surface area contributed by atoms with Crippen molar-refractivity contribution in [2.75, 3.05) is 0 Å². The normalized spacial score (nSPS) is 10.6. The molecule has 0 aliphatic rings. The van der Waals surface area contributed by atoms with Gasteiger partial charge in [0.15, 0.2) is 0 Å². The summed E-state index contributed by atoms with van der Waals surface area (Å²) in [6.07, 6.45) is -2.81. The Bertz CT molecular complexity index is 587. The summed E-state index contributed by atoms with van der Waals surface area (Å²) in [4.78, 5) is 0. The van der Waals surface area contributed by atoms with Gasteiger partial charge in [-0.1, -0.05) is 41.9 Å². The van der Waals surface area contributed by atoms with Crippen molar-refractivity contribution in [3.8, 4) is 6.07 Å². The summed E-state index contributed by atoms with van der Waals surface area (Å²) in [7, 11) is 0. The molecule has 2 rings (SSSR count). The van der Waals surface area contributed by atoms with Crippen LogP contribution in [0, 0.1) is 11.3 Å². The summed E-state index contributed by atoms with van der Waals surface area (Å²) >= 11 is 5.87. The molecule has 0 N–H and O–H groups in total. The van der Waals surface area contributed by atoms with Crippen LogP contribution in [0.4, 0.5) is 8.78 Å². The molecule has 1 aromatic heterocycles. The highest BCUT2D eigenvalue weighted by atomic mass is 35.5. The number of aromatic nitrogens is 2. The summed E-state index contributed by atoms with van der Waals surface area (Å²) < 4.78 is 26.5. The molecule has 18 heavy (non-hydrogen) atoms.